The van der Waals surface area contributed by atoms with E-state index >= 15 is 0 Å². The van der Waals surface area contributed by atoms with Gasteiger partial charge in [0.2, 0.25) is 5.11 Å². The summed E-state index contributed by atoms with van der Waals surface area (Å²) in [6, 6.07) is 0. The molecule has 1 aliphatic heterocycles. The molecular weight excluding hydrogens is 164 g/mol. The average Bonchev–Trinajstić information content (AvgIpc) is 2.09. The fraction of sp³-hybridized carbons (Fsp3) is 0.333. The molecule has 11 heavy (non-hydrogen) atoms. The van der Waals surface area contributed by atoms with Crippen molar-refractivity contribution >= 4 is 34.7 Å². The van der Waals surface area contributed by atoms with Crippen molar-refractivity contribution < 1.29 is 9.90 Å². The van der Waals surface area contributed by atoms with Crippen molar-refractivity contribution in [2.24, 2.45) is 9.98 Å². The number of nitrogens with zero attached hydrogens (tertiary/aromatic N) is 2. The lowest BCUT2D eigenvalue weighted by molar-refractivity contribution is -0.135. The van der Waals surface area contributed by atoms with Crippen LogP contribution in [0.4, 0.5) is 0 Å². The van der Waals surface area contributed by atoms with Crippen molar-refractivity contribution in [1.29, 1.82) is 0 Å². The molecular formula is C6H6N2O2S. The number of aliphatic imine (C=N–C) groups is 2. The van der Waals surface area contributed by atoms with Crippen LogP contribution in [0, 0.1) is 0 Å². The van der Waals surface area contributed by atoms with Crippen LogP contribution in [0.2, 0.25) is 0 Å². The topological polar surface area (TPSA) is 62.0 Å². The van der Waals surface area contributed by atoms with E-state index in [0.29, 0.717) is 11.4 Å². The quantitative estimate of drug-likeness (QED) is 0.619. The summed E-state index contributed by atoms with van der Waals surface area (Å²) < 4.78 is 0. The fourth-order valence-corrected chi connectivity index (χ4v) is 0.987. The third-order valence-electron chi connectivity index (χ3n) is 1.23. The molecule has 0 saturated carbocycles. The van der Waals surface area contributed by atoms with Crippen molar-refractivity contribution in [2.45, 2.75) is 13.3 Å². The maximum atomic E-state index is 10.2. The van der Waals surface area contributed by atoms with Gasteiger partial charge in [0, 0.05) is 0 Å². The van der Waals surface area contributed by atoms with E-state index in [1.165, 1.54) is 0 Å². The molecule has 0 aliphatic carbocycles. The number of carboxylic acid groups (broad SMARTS) is 1. The minimum absolute atomic E-state index is 0.102. The molecule has 1 rings (SSSR count). The van der Waals surface area contributed by atoms with Crippen LogP contribution in [0.15, 0.2) is 9.98 Å². The van der Waals surface area contributed by atoms with E-state index in [4.69, 9.17) is 5.11 Å². The second-order valence-corrected chi connectivity index (χ2v) is 2.47. The number of thiocarbonyl (C=S) groups is 1. The predicted octanol–water partition coefficient (Wildman–Crippen LogP) is 0.661. The minimum Gasteiger partial charge on any atom is -0.481 e. The SMILES string of the molecule is CC1=NC(=S)N=C1CC(=O)O. The Morgan fingerprint density at radius 3 is 2.64 bits per heavy atom. The molecule has 0 unspecified atom stereocenters. The molecule has 0 aromatic rings. The Morgan fingerprint density at radius 1 is 1.64 bits per heavy atom. The van der Waals surface area contributed by atoms with Crippen LogP contribution in [-0.4, -0.2) is 27.6 Å². The largest absolute Gasteiger partial charge is 0.481 e. The van der Waals surface area contributed by atoms with Gasteiger partial charge in [-0.25, -0.2) is 9.98 Å². The van der Waals surface area contributed by atoms with Gasteiger partial charge in [-0.2, -0.15) is 0 Å². The smallest absolute Gasteiger partial charge is 0.309 e. The summed E-state index contributed by atoms with van der Waals surface area (Å²) >= 11 is 4.66. The Morgan fingerprint density at radius 2 is 2.27 bits per heavy atom. The van der Waals surface area contributed by atoms with Crippen LogP contribution in [0.1, 0.15) is 13.3 Å². The molecule has 0 bridgehead atoms. The van der Waals surface area contributed by atoms with Crippen LogP contribution >= 0.6 is 12.2 Å². The van der Waals surface area contributed by atoms with Crippen LogP contribution in [0.25, 0.3) is 0 Å². The lowest BCUT2D eigenvalue weighted by Crippen LogP contribution is -2.12. The minimum atomic E-state index is -0.914. The lowest BCUT2D eigenvalue weighted by atomic mass is 10.2. The average molecular weight is 170 g/mol. The number of carbonyl (C=O) groups is 1. The van der Waals surface area contributed by atoms with Crippen LogP contribution in [0.5, 0.6) is 0 Å². The van der Waals surface area contributed by atoms with E-state index in [1.807, 2.05) is 0 Å². The van der Waals surface area contributed by atoms with Gasteiger partial charge in [0.15, 0.2) is 0 Å². The number of carboxylic acids is 1. The first-order valence-electron chi connectivity index (χ1n) is 2.98. The summed E-state index contributed by atoms with van der Waals surface area (Å²) in [5, 5.41) is 8.62. The number of hydrogen-bond acceptors (Lipinski definition) is 2. The molecule has 0 fully saturated rings. The first-order chi connectivity index (χ1) is 5.09. The molecule has 0 radical (unpaired) electrons. The van der Waals surface area contributed by atoms with Crippen LogP contribution in [0.3, 0.4) is 0 Å². The van der Waals surface area contributed by atoms with E-state index in [-0.39, 0.29) is 11.5 Å². The van der Waals surface area contributed by atoms with E-state index in [0.717, 1.165) is 0 Å². The molecule has 1 heterocycles. The summed E-state index contributed by atoms with van der Waals surface area (Å²) in [5.74, 6) is -0.914. The zero-order valence-electron chi connectivity index (χ0n) is 5.87. The number of rotatable bonds is 2. The highest BCUT2D eigenvalue weighted by Gasteiger charge is 2.15. The van der Waals surface area contributed by atoms with Crippen LogP contribution in [-0.2, 0) is 4.79 Å². The fourth-order valence-electron chi connectivity index (χ4n) is 0.740. The summed E-state index contributed by atoms with van der Waals surface area (Å²) in [5.41, 5.74) is 1.07. The lowest BCUT2D eigenvalue weighted by Gasteiger charge is -1.92. The second-order valence-electron chi connectivity index (χ2n) is 2.11. The standard InChI is InChI=1S/C6H6N2O2S/c1-3-4(2-5(9)10)8-6(11)7-3/h2H2,1H3,(H,9,10). The van der Waals surface area contributed by atoms with E-state index < -0.39 is 5.97 Å². The van der Waals surface area contributed by atoms with Gasteiger partial charge >= 0.3 is 5.97 Å². The van der Waals surface area contributed by atoms with Crippen molar-refractivity contribution in [3.63, 3.8) is 0 Å². The normalized spacial score (nSPS) is 16.3. The van der Waals surface area contributed by atoms with Gasteiger partial charge in [-0.15, -0.1) is 0 Å². The van der Waals surface area contributed by atoms with E-state index in [2.05, 4.69) is 22.2 Å². The predicted molar refractivity (Wildman–Crippen MR) is 45.4 cm³/mol. The molecule has 0 atom stereocenters. The molecule has 4 nitrogen and oxygen atoms in total. The summed E-state index contributed by atoms with van der Waals surface area (Å²) in [7, 11) is 0. The summed E-state index contributed by atoms with van der Waals surface area (Å²) in [4.78, 5) is 17.8. The van der Waals surface area contributed by atoms with Crippen molar-refractivity contribution in [3.05, 3.63) is 0 Å². The number of aliphatic carboxylic acids is 1. The van der Waals surface area contributed by atoms with Crippen molar-refractivity contribution in [2.75, 3.05) is 0 Å². The van der Waals surface area contributed by atoms with Gasteiger partial charge < -0.3 is 5.11 Å². The molecule has 0 saturated heterocycles. The zero-order chi connectivity index (χ0) is 8.43. The first kappa shape index (κ1) is 8.00. The molecule has 58 valence electrons. The van der Waals surface area contributed by atoms with E-state index in [1.54, 1.807) is 6.92 Å². The Balaban J connectivity index is 2.75. The Bertz CT molecular complexity index is 280. The van der Waals surface area contributed by atoms with Gasteiger partial charge in [0.25, 0.3) is 0 Å². The third-order valence-corrected chi connectivity index (χ3v) is 1.41. The second kappa shape index (κ2) is 2.87. The molecule has 1 N–H and O–H groups in total. The summed E-state index contributed by atoms with van der Waals surface area (Å²) in [6.45, 7) is 1.70. The zero-order valence-corrected chi connectivity index (χ0v) is 6.68. The highest BCUT2D eigenvalue weighted by molar-refractivity contribution is 7.80. The summed E-state index contributed by atoms with van der Waals surface area (Å²) in [6.07, 6.45) is -0.102. The Hall–Kier alpha value is -1.10. The Kier molecular flexibility index (Phi) is 2.09. The molecule has 0 amide bonds. The van der Waals surface area contributed by atoms with Gasteiger partial charge in [-0.1, -0.05) is 0 Å². The molecule has 0 aromatic carbocycles. The molecule has 0 spiro atoms. The van der Waals surface area contributed by atoms with Crippen molar-refractivity contribution in [3.8, 4) is 0 Å². The Labute approximate surface area is 68.7 Å². The highest BCUT2D eigenvalue weighted by Crippen LogP contribution is 2.02. The monoisotopic (exact) mass is 170 g/mol. The first-order valence-corrected chi connectivity index (χ1v) is 3.39. The molecule has 0 aromatic heterocycles. The van der Waals surface area contributed by atoms with Gasteiger partial charge in [-0.3, -0.25) is 4.79 Å². The number of hydrogen-bond donors (Lipinski definition) is 1. The van der Waals surface area contributed by atoms with Crippen molar-refractivity contribution in [1.82, 2.24) is 0 Å². The highest BCUT2D eigenvalue weighted by atomic mass is 32.1. The van der Waals surface area contributed by atoms with Gasteiger partial charge in [-0.05, 0) is 19.1 Å². The van der Waals surface area contributed by atoms with Gasteiger partial charge in [0.1, 0.15) is 0 Å². The van der Waals surface area contributed by atoms with Crippen LogP contribution < -0.4 is 0 Å². The molecule has 5 heteroatoms. The maximum Gasteiger partial charge on any atom is 0.309 e. The van der Waals surface area contributed by atoms with E-state index in [9.17, 15) is 4.79 Å². The molecule has 1 aliphatic rings. The van der Waals surface area contributed by atoms with Gasteiger partial charge in [0.05, 0.1) is 17.8 Å². The maximum absolute atomic E-state index is 10.2. The third kappa shape index (κ3) is 1.91.